The maximum Gasteiger partial charge on any atom is 0.261 e. The van der Waals surface area contributed by atoms with Gasteiger partial charge in [-0.25, -0.2) is 12.8 Å². The molecule has 2 N–H and O–H groups in total. The minimum atomic E-state index is -3.74. The first-order valence-electron chi connectivity index (χ1n) is 9.43. The highest BCUT2D eigenvalue weighted by Gasteiger charge is 2.17. The number of carbonyl (C=O) groups is 1. The highest BCUT2D eigenvalue weighted by molar-refractivity contribution is 7.92. The molecule has 0 spiro atoms. The number of carbonyl (C=O) groups excluding carboxylic acids is 1. The quantitative estimate of drug-likeness (QED) is 0.598. The Labute approximate surface area is 176 Å². The topological polar surface area (TPSA) is 75.3 Å². The fourth-order valence-electron chi connectivity index (χ4n) is 2.97. The molecule has 0 radical (unpaired) electrons. The van der Waals surface area contributed by atoms with Gasteiger partial charge in [-0.3, -0.25) is 9.52 Å². The minimum absolute atomic E-state index is 0.172. The Balaban J connectivity index is 1.70. The third-order valence-electron chi connectivity index (χ3n) is 4.91. The number of sulfonamides is 1. The molecule has 3 rings (SSSR count). The first kappa shape index (κ1) is 21.5. The van der Waals surface area contributed by atoms with Crippen molar-refractivity contribution in [2.45, 2.75) is 31.7 Å². The average molecular weight is 427 g/mol. The van der Waals surface area contributed by atoms with Crippen LogP contribution in [0.2, 0.25) is 0 Å². The molecule has 0 aliphatic heterocycles. The van der Waals surface area contributed by atoms with Crippen LogP contribution in [0, 0.1) is 19.7 Å². The number of amides is 1. The lowest BCUT2D eigenvalue weighted by Crippen LogP contribution is -2.27. The Morgan fingerprint density at radius 1 is 0.933 bits per heavy atom. The van der Waals surface area contributed by atoms with Crippen LogP contribution in [0.3, 0.4) is 0 Å². The van der Waals surface area contributed by atoms with Gasteiger partial charge in [-0.1, -0.05) is 24.3 Å². The summed E-state index contributed by atoms with van der Waals surface area (Å²) in [6, 6.07) is 16.7. The summed E-state index contributed by atoms with van der Waals surface area (Å²) in [5.41, 5.74) is 2.96. The number of rotatable bonds is 6. The number of aryl methyl sites for hydroxylation is 2. The molecule has 1 unspecified atom stereocenters. The van der Waals surface area contributed by atoms with Crippen molar-refractivity contribution in [2.24, 2.45) is 0 Å². The lowest BCUT2D eigenvalue weighted by Gasteiger charge is -2.15. The SMILES string of the molecule is Cc1ccc(S(=O)(=O)Nc2ccc(C(=O)NC(C)c3ccccc3F)cc2)cc1C. The van der Waals surface area contributed by atoms with Gasteiger partial charge < -0.3 is 5.32 Å². The van der Waals surface area contributed by atoms with E-state index in [9.17, 15) is 17.6 Å². The standard InChI is InChI=1S/C23H23FN2O3S/c1-15-8-13-20(14-16(15)2)30(28,29)26-19-11-9-18(10-12-19)23(27)25-17(3)21-6-4-5-7-22(21)24/h4-14,17,26H,1-3H3,(H,25,27). The van der Waals surface area contributed by atoms with Gasteiger partial charge in [-0.15, -0.1) is 0 Å². The molecule has 156 valence electrons. The number of halogens is 1. The molecule has 3 aromatic carbocycles. The monoisotopic (exact) mass is 426 g/mol. The molecule has 30 heavy (non-hydrogen) atoms. The van der Waals surface area contributed by atoms with Gasteiger partial charge >= 0.3 is 0 Å². The molecule has 3 aromatic rings. The van der Waals surface area contributed by atoms with Crippen molar-refractivity contribution < 1.29 is 17.6 Å². The second kappa shape index (κ2) is 8.67. The van der Waals surface area contributed by atoms with E-state index in [1.807, 2.05) is 13.8 Å². The lowest BCUT2D eigenvalue weighted by atomic mass is 10.1. The number of nitrogens with one attached hydrogen (secondary N) is 2. The highest BCUT2D eigenvalue weighted by Crippen LogP contribution is 2.20. The summed E-state index contributed by atoms with van der Waals surface area (Å²) in [5, 5.41) is 2.74. The molecule has 5 nitrogen and oxygen atoms in total. The molecule has 0 aromatic heterocycles. The van der Waals surface area contributed by atoms with Crippen molar-refractivity contribution in [3.05, 3.63) is 94.8 Å². The van der Waals surface area contributed by atoms with Gasteiger partial charge in [-0.05, 0) is 74.4 Å². The lowest BCUT2D eigenvalue weighted by molar-refractivity contribution is 0.0939. The van der Waals surface area contributed by atoms with E-state index in [1.54, 1.807) is 43.3 Å². The van der Waals surface area contributed by atoms with E-state index in [0.29, 0.717) is 16.8 Å². The second-order valence-electron chi connectivity index (χ2n) is 7.15. The number of hydrogen-bond donors (Lipinski definition) is 2. The van der Waals surface area contributed by atoms with Crippen LogP contribution in [-0.4, -0.2) is 14.3 Å². The van der Waals surface area contributed by atoms with Crippen molar-refractivity contribution in [1.29, 1.82) is 0 Å². The predicted molar refractivity (Wildman–Crippen MR) is 115 cm³/mol. The normalized spacial score (nSPS) is 12.3. The predicted octanol–water partition coefficient (Wildman–Crippen LogP) is 4.73. The first-order valence-corrected chi connectivity index (χ1v) is 10.9. The molecule has 1 amide bonds. The van der Waals surface area contributed by atoms with Crippen LogP contribution in [0.15, 0.2) is 71.6 Å². The van der Waals surface area contributed by atoms with Gasteiger partial charge in [-0.2, -0.15) is 0 Å². The van der Waals surface area contributed by atoms with E-state index in [2.05, 4.69) is 10.0 Å². The van der Waals surface area contributed by atoms with Crippen LogP contribution < -0.4 is 10.0 Å². The van der Waals surface area contributed by atoms with Gasteiger partial charge in [0.05, 0.1) is 10.9 Å². The molecule has 0 saturated carbocycles. The highest BCUT2D eigenvalue weighted by atomic mass is 32.2. The van der Waals surface area contributed by atoms with Crippen LogP contribution in [0.5, 0.6) is 0 Å². The average Bonchev–Trinajstić information content (AvgIpc) is 2.70. The fourth-order valence-corrected chi connectivity index (χ4v) is 4.11. The fraction of sp³-hybridized carbons (Fsp3) is 0.174. The summed E-state index contributed by atoms with van der Waals surface area (Å²) >= 11 is 0. The molecule has 0 saturated heterocycles. The smallest absolute Gasteiger partial charge is 0.261 e. The summed E-state index contributed by atoms with van der Waals surface area (Å²) in [5.74, 6) is -0.768. The maximum absolute atomic E-state index is 13.9. The number of benzene rings is 3. The van der Waals surface area contributed by atoms with E-state index in [1.165, 1.54) is 30.3 Å². The van der Waals surface area contributed by atoms with E-state index >= 15 is 0 Å². The Kier molecular flexibility index (Phi) is 6.22. The number of hydrogen-bond acceptors (Lipinski definition) is 3. The Morgan fingerprint density at radius 2 is 1.60 bits per heavy atom. The Morgan fingerprint density at radius 3 is 2.23 bits per heavy atom. The molecular formula is C23H23FN2O3S. The summed E-state index contributed by atoms with van der Waals surface area (Å²) in [4.78, 5) is 12.6. The minimum Gasteiger partial charge on any atom is -0.345 e. The van der Waals surface area contributed by atoms with E-state index in [0.717, 1.165) is 11.1 Å². The zero-order valence-electron chi connectivity index (χ0n) is 16.9. The summed E-state index contributed by atoms with van der Waals surface area (Å²) in [6.45, 7) is 5.46. The largest absolute Gasteiger partial charge is 0.345 e. The molecule has 0 aliphatic rings. The van der Waals surface area contributed by atoms with Crippen molar-refractivity contribution in [3.63, 3.8) is 0 Å². The van der Waals surface area contributed by atoms with Crippen LogP contribution in [0.1, 0.15) is 40.0 Å². The van der Waals surface area contributed by atoms with Crippen molar-refractivity contribution in [1.82, 2.24) is 5.32 Å². The molecular weight excluding hydrogens is 403 g/mol. The van der Waals surface area contributed by atoms with E-state index in [4.69, 9.17) is 0 Å². The Hall–Kier alpha value is -3.19. The summed E-state index contributed by atoms with van der Waals surface area (Å²) in [6.07, 6.45) is 0. The van der Waals surface area contributed by atoms with Crippen LogP contribution in [0.4, 0.5) is 10.1 Å². The van der Waals surface area contributed by atoms with Gasteiger partial charge in [0.25, 0.3) is 15.9 Å². The zero-order valence-corrected chi connectivity index (χ0v) is 17.8. The number of anilines is 1. The Bertz CT molecular complexity index is 1180. The van der Waals surface area contributed by atoms with Crippen LogP contribution in [-0.2, 0) is 10.0 Å². The second-order valence-corrected chi connectivity index (χ2v) is 8.83. The molecule has 0 aliphatic carbocycles. The van der Waals surface area contributed by atoms with Crippen molar-refractivity contribution in [3.8, 4) is 0 Å². The van der Waals surface area contributed by atoms with Gasteiger partial charge in [0.2, 0.25) is 0 Å². The van der Waals surface area contributed by atoms with E-state index in [-0.39, 0.29) is 16.6 Å². The van der Waals surface area contributed by atoms with Gasteiger partial charge in [0, 0.05) is 16.8 Å². The summed E-state index contributed by atoms with van der Waals surface area (Å²) in [7, 11) is -3.74. The molecule has 0 bridgehead atoms. The molecule has 1 atom stereocenters. The van der Waals surface area contributed by atoms with Crippen molar-refractivity contribution >= 4 is 21.6 Å². The first-order chi connectivity index (χ1) is 14.2. The third kappa shape index (κ3) is 4.86. The van der Waals surface area contributed by atoms with E-state index < -0.39 is 16.1 Å². The van der Waals surface area contributed by atoms with Gasteiger partial charge in [0.15, 0.2) is 0 Å². The van der Waals surface area contributed by atoms with Gasteiger partial charge in [0.1, 0.15) is 5.82 Å². The third-order valence-corrected chi connectivity index (χ3v) is 6.29. The molecule has 0 fully saturated rings. The molecule has 7 heteroatoms. The van der Waals surface area contributed by atoms with Crippen molar-refractivity contribution in [2.75, 3.05) is 4.72 Å². The summed E-state index contributed by atoms with van der Waals surface area (Å²) < 4.78 is 41.6. The van der Waals surface area contributed by atoms with Crippen LogP contribution in [0.25, 0.3) is 0 Å². The maximum atomic E-state index is 13.9. The molecule has 0 heterocycles. The zero-order chi connectivity index (χ0) is 21.9. The van der Waals surface area contributed by atoms with Crippen LogP contribution >= 0.6 is 0 Å².